The van der Waals surface area contributed by atoms with Crippen molar-refractivity contribution in [2.24, 2.45) is 0 Å². The van der Waals surface area contributed by atoms with E-state index in [4.69, 9.17) is 4.74 Å². The van der Waals surface area contributed by atoms with E-state index in [0.29, 0.717) is 17.6 Å². The van der Waals surface area contributed by atoms with Gasteiger partial charge in [0.25, 0.3) is 0 Å². The van der Waals surface area contributed by atoms with Gasteiger partial charge in [-0.15, -0.1) is 0 Å². The highest BCUT2D eigenvalue weighted by molar-refractivity contribution is 5.90. The highest BCUT2D eigenvalue weighted by atomic mass is 16.5. The molecule has 0 bridgehead atoms. The van der Waals surface area contributed by atoms with E-state index in [1.54, 1.807) is 0 Å². The van der Waals surface area contributed by atoms with Crippen LogP contribution in [0.5, 0.6) is 0 Å². The first-order chi connectivity index (χ1) is 10.2. The quantitative estimate of drug-likeness (QED) is 0.868. The van der Waals surface area contributed by atoms with Gasteiger partial charge in [-0.1, -0.05) is 12.5 Å². The van der Waals surface area contributed by atoms with Crippen molar-refractivity contribution in [3.63, 3.8) is 0 Å². The molecule has 2 saturated heterocycles. The molecule has 2 aliphatic heterocycles. The monoisotopic (exact) mass is 288 g/mol. The highest BCUT2D eigenvalue weighted by Crippen LogP contribution is 2.30. The molecule has 2 aliphatic rings. The van der Waals surface area contributed by atoms with Crippen LogP contribution in [-0.4, -0.2) is 43.2 Å². The Morgan fingerprint density at radius 3 is 2.95 bits per heavy atom. The molecular formula is C17H24N2O2. The third-order valence-corrected chi connectivity index (χ3v) is 4.86. The van der Waals surface area contributed by atoms with E-state index >= 15 is 0 Å². The molecule has 0 amide bonds. The zero-order valence-corrected chi connectivity index (χ0v) is 12.9. The predicted molar refractivity (Wildman–Crippen MR) is 83.8 cm³/mol. The minimum Gasteiger partial charge on any atom is -0.465 e. The van der Waals surface area contributed by atoms with Crippen LogP contribution in [0.1, 0.15) is 41.6 Å². The molecule has 0 saturated carbocycles. The molecule has 2 fully saturated rings. The van der Waals surface area contributed by atoms with Crippen LogP contribution in [0.25, 0.3) is 0 Å². The van der Waals surface area contributed by atoms with Gasteiger partial charge in [-0.05, 0) is 50.4 Å². The summed E-state index contributed by atoms with van der Waals surface area (Å²) in [6.45, 7) is 4.51. The summed E-state index contributed by atoms with van der Waals surface area (Å²) >= 11 is 0. The summed E-state index contributed by atoms with van der Waals surface area (Å²) in [5.41, 5.74) is 2.86. The van der Waals surface area contributed by atoms with Crippen LogP contribution < -0.4 is 5.32 Å². The number of ether oxygens (including phenoxy) is 1. The second-order valence-corrected chi connectivity index (χ2v) is 6.16. The number of nitrogens with zero attached hydrogens (tertiary/aromatic N) is 1. The molecule has 2 unspecified atom stereocenters. The summed E-state index contributed by atoms with van der Waals surface area (Å²) in [6.07, 6.45) is 5.14. The van der Waals surface area contributed by atoms with Gasteiger partial charge in [0.1, 0.15) is 0 Å². The summed E-state index contributed by atoms with van der Waals surface area (Å²) < 4.78 is 4.81. The van der Waals surface area contributed by atoms with Gasteiger partial charge in [-0.25, -0.2) is 4.79 Å². The summed E-state index contributed by atoms with van der Waals surface area (Å²) in [4.78, 5) is 14.3. The molecule has 4 nitrogen and oxygen atoms in total. The molecule has 1 aromatic rings. The van der Waals surface area contributed by atoms with Crippen molar-refractivity contribution in [3.05, 3.63) is 29.3 Å². The Balaban J connectivity index is 1.76. The average Bonchev–Trinajstić information content (AvgIpc) is 2.92. The van der Waals surface area contributed by atoms with Crippen molar-refractivity contribution in [2.75, 3.05) is 25.5 Å². The standard InChI is InChI=1S/C17H24N2O2/c1-12-6-7-13(17(20)21-2)11-15(12)18-14-8-10-19-9-4-3-5-16(14)19/h6-7,11,14,16,18H,3-5,8-10H2,1-2H3. The zero-order valence-electron chi connectivity index (χ0n) is 12.9. The summed E-state index contributed by atoms with van der Waals surface area (Å²) in [5.74, 6) is -0.274. The molecule has 114 valence electrons. The first kappa shape index (κ1) is 14.4. The molecule has 4 heteroatoms. The minimum absolute atomic E-state index is 0.274. The number of anilines is 1. The number of methoxy groups -OCH3 is 1. The minimum atomic E-state index is -0.274. The lowest BCUT2D eigenvalue weighted by atomic mass is 9.98. The molecular weight excluding hydrogens is 264 g/mol. The lowest BCUT2D eigenvalue weighted by molar-refractivity contribution is 0.0601. The maximum absolute atomic E-state index is 11.7. The van der Waals surface area contributed by atoms with Gasteiger partial charge in [0, 0.05) is 24.3 Å². The number of piperidine rings is 1. The van der Waals surface area contributed by atoms with Crippen molar-refractivity contribution >= 4 is 11.7 Å². The van der Waals surface area contributed by atoms with Crippen LogP contribution >= 0.6 is 0 Å². The fourth-order valence-corrected chi connectivity index (χ4v) is 3.64. The van der Waals surface area contributed by atoms with Crippen molar-refractivity contribution in [1.82, 2.24) is 4.90 Å². The SMILES string of the molecule is COC(=O)c1ccc(C)c(NC2CCN3CCCCC23)c1. The van der Waals surface area contributed by atoms with Gasteiger partial charge in [-0.3, -0.25) is 4.90 Å². The van der Waals surface area contributed by atoms with Gasteiger partial charge >= 0.3 is 5.97 Å². The Morgan fingerprint density at radius 2 is 2.14 bits per heavy atom. The Morgan fingerprint density at radius 1 is 1.29 bits per heavy atom. The summed E-state index contributed by atoms with van der Waals surface area (Å²) in [6, 6.07) is 6.89. The number of esters is 1. The van der Waals surface area contributed by atoms with Crippen LogP contribution in [0.2, 0.25) is 0 Å². The topological polar surface area (TPSA) is 41.6 Å². The number of fused-ring (bicyclic) bond motifs is 1. The van der Waals surface area contributed by atoms with E-state index in [2.05, 4.69) is 17.1 Å². The Labute approximate surface area is 126 Å². The molecule has 1 aromatic carbocycles. The van der Waals surface area contributed by atoms with Gasteiger partial charge in [-0.2, -0.15) is 0 Å². The summed E-state index contributed by atoms with van der Waals surface area (Å²) in [5, 5.41) is 3.68. The largest absolute Gasteiger partial charge is 0.465 e. The fraction of sp³-hybridized carbons (Fsp3) is 0.588. The number of carbonyl (C=O) groups excluding carboxylic acids is 1. The van der Waals surface area contributed by atoms with Crippen LogP contribution in [0, 0.1) is 6.92 Å². The van der Waals surface area contributed by atoms with Crippen LogP contribution in [0.4, 0.5) is 5.69 Å². The fourth-order valence-electron chi connectivity index (χ4n) is 3.64. The molecule has 0 spiro atoms. The molecule has 0 radical (unpaired) electrons. The lowest BCUT2D eigenvalue weighted by Crippen LogP contribution is -2.41. The number of benzene rings is 1. The van der Waals surface area contributed by atoms with Crippen molar-refractivity contribution in [1.29, 1.82) is 0 Å². The normalized spacial score (nSPS) is 25.4. The number of hydrogen-bond acceptors (Lipinski definition) is 4. The van der Waals surface area contributed by atoms with Gasteiger partial charge < -0.3 is 10.1 Å². The highest BCUT2D eigenvalue weighted by Gasteiger charge is 2.35. The van der Waals surface area contributed by atoms with E-state index in [9.17, 15) is 4.79 Å². The smallest absolute Gasteiger partial charge is 0.337 e. The Kier molecular flexibility index (Phi) is 4.15. The second-order valence-electron chi connectivity index (χ2n) is 6.16. The van der Waals surface area contributed by atoms with E-state index < -0.39 is 0 Å². The maximum atomic E-state index is 11.7. The number of rotatable bonds is 3. The van der Waals surface area contributed by atoms with Crippen molar-refractivity contribution in [3.8, 4) is 0 Å². The van der Waals surface area contributed by atoms with Crippen molar-refractivity contribution in [2.45, 2.75) is 44.7 Å². The predicted octanol–water partition coefficient (Wildman–Crippen LogP) is 2.82. The zero-order chi connectivity index (χ0) is 14.8. The third kappa shape index (κ3) is 2.91. The molecule has 2 heterocycles. The number of carbonyl (C=O) groups is 1. The van der Waals surface area contributed by atoms with Crippen molar-refractivity contribution < 1.29 is 9.53 Å². The van der Waals surface area contributed by atoms with E-state index in [0.717, 1.165) is 5.69 Å². The first-order valence-corrected chi connectivity index (χ1v) is 7.88. The molecule has 2 atom stereocenters. The van der Waals surface area contributed by atoms with Crippen LogP contribution in [-0.2, 0) is 4.74 Å². The summed E-state index contributed by atoms with van der Waals surface area (Å²) in [7, 11) is 1.42. The second kappa shape index (κ2) is 6.06. The van der Waals surface area contributed by atoms with E-state index in [-0.39, 0.29) is 5.97 Å². The van der Waals surface area contributed by atoms with Gasteiger partial charge in [0.2, 0.25) is 0 Å². The molecule has 0 aliphatic carbocycles. The average molecular weight is 288 g/mol. The molecule has 21 heavy (non-hydrogen) atoms. The van der Waals surface area contributed by atoms with E-state index in [1.807, 2.05) is 18.2 Å². The lowest BCUT2D eigenvalue weighted by Gasteiger charge is -2.33. The van der Waals surface area contributed by atoms with E-state index in [1.165, 1.54) is 51.4 Å². The number of hydrogen-bond donors (Lipinski definition) is 1. The molecule has 1 N–H and O–H groups in total. The van der Waals surface area contributed by atoms with Crippen LogP contribution in [0.3, 0.4) is 0 Å². The molecule has 3 rings (SSSR count). The van der Waals surface area contributed by atoms with Gasteiger partial charge in [0.15, 0.2) is 0 Å². The maximum Gasteiger partial charge on any atom is 0.337 e. The van der Waals surface area contributed by atoms with Gasteiger partial charge in [0.05, 0.1) is 12.7 Å². The number of aryl methyl sites for hydroxylation is 1. The Hall–Kier alpha value is -1.55. The molecule has 0 aromatic heterocycles. The Bertz CT molecular complexity index is 530. The van der Waals surface area contributed by atoms with Crippen LogP contribution in [0.15, 0.2) is 18.2 Å². The number of nitrogens with one attached hydrogen (secondary N) is 1. The first-order valence-electron chi connectivity index (χ1n) is 7.88. The third-order valence-electron chi connectivity index (χ3n) is 4.86.